The van der Waals surface area contributed by atoms with Gasteiger partial charge < -0.3 is 10.0 Å². The van der Waals surface area contributed by atoms with Gasteiger partial charge in [0.25, 0.3) is 0 Å². The van der Waals surface area contributed by atoms with Crippen molar-refractivity contribution in [2.24, 2.45) is 5.92 Å². The van der Waals surface area contributed by atoms with E-state index in [2.05, 4.69) is 26.9 Å². The molecule has 1 N–H and O–H groups in total. The van der Waals surface area contributed by atoms with Crippen LogP contribution in [0.4, 0.5) is 5.69 Å². The van der Waals surface area contributed by atoms with Gasteiger partial charge >= 0.3 is 5.97 Å². The molecular formula is C14H15BrN2O2. The Morgan fingerprint density at radius 3 is 2.89 bits per heavy atom. The fourth-order valence-corrected chi connectivity index (χ4v) is 2.94. The van der Waals surface area contributed by atoms with Crippen LogP contribution >= 0.6 is 15.9 Å². The quantitative estimate of drug-likeness (QED) is 0.909. The summed E-state index contributed by atoms with van der Waals surface area (Å²) in [5.41, 5.74) is 1.51. The molecule has 0 spiro atoms. The molecule has 1 aliphatic heterocycles. The molecule has 1 aromatic rings. The van der Waals surface area contributed by atoms with Gasteiger partial charge in [-0.1, -0.05) is 15.9 Å². The molecule has 0 saturated carbocycles. The molecule has 1 aromatic carbocycles. The van der Waals surface area contributed by atoms with Gasteiger partial charge in [0.2, 0.25) is 0 Å². The van der Waals surface area contributed by atoms with Crippen molar-refractivity contribution in [3.8, 4) is 6.07 Å². The Bertz CT molecular complexity index is 539. The SMILES string of the molecule is CC1CC(C(=O)O)CCN1c1cc(Br)ccc1C#N. The Kier molecular flexibility index (Phi) is 4.11. The zero-order valence-electron chi connectivity index (χ0n) is 10.6. The van der Waals surface area contributed by atoms with Gasteiger partial charge in [0, 0.05) is 17.1 Å². The number of carboxylic acid groups (broad SMARTS) is 1. The lowest BCUT2D eigenvalue weighted by Gasteiger charge is -2.38. The van der Waals surface area contributed by atoms with E-state index in [1.54, 1.807) is 6.07 Å². The number of anilines is 1. The summed E-state index contributed by atoms with van der Waals surface area (Å²) in [6.45, 7) is 2.68. The number of hydrogen-bond acceptors (Lipinski definition) is 3. The maximum absolute atomic E-state index is 11.0. The first-order valence-corrected chi connectivity index (χ1v) is 7.01. The molecule has 19 heavy (non-hydrogen) atoms. The molecule has 0 aliphatic carbocycles. The molecule has 100 valence electrons. The van der Waals surface area contributed by atoms with E-state index in [1.165, 1.54) is 0 Å². The summed E-state index contributed by atoms with van der Waals surface area (Å²) < 4.78 is 0.925. The van der Waals surface area contributed by atoms with Gasteiger partial charge in [-0.05, 0) is 38.0 Å². The van der Waals surface area contributed by atoms with E-state index >= 15 is 0 Å². The number of nitrogens with zero attached hydrogens (tertiary/aromatic N) is 2. The second-order valence-corrected chi connectivity index (χ2v) is 5.79. The summed E-state index contributed by atoms with van der Waals surface area (Å²) in [5, 5.41) is 18.3. The smallest absolute Gasteiger partial charge is 0.306 e. The molecule has 4 nitrogen and oxygen atoms in total. The van der Waals surface area contributed by atoms with Crippen LogP contribution in [-0.4, -0.2) is 23.7 Å². The molecule has 1 fully saturated rings. The molecule has 1 aliphatic rings. The van der Waals surface area contributed by atoms with Crippen LogP contribution in [-0.2, 0) is 4.79 Å². The zero-order valence-corrected chi connectivity index (χ0v) is 12.2. The van der Waals surface area contributed by atoms with E-state index < -0.39 is 5.97 Å². The minimum absolute atomic E-state index is 0.122. The van der Waals surface area contributed by atoms with Gasteiger partial charge in [-0.3, -0.25) is 4.79 Å². The highest BCUT2D eigenvalue weighted by molar-refractivity contribution is 9.10. The Morgan fingerprint density at radius 2 is 2.32 bits per heavy atom. The van der Waals surface area contributed by atoms with Gasteiger partial charge in [0.1, 0.15) is 6.07 Å². The van der Waals surface area contributed by atoms with Crippen molar-refractivity contribution in [3.05, 3.63) is 28.2 Å². The lowest BCUT2D eigenvalue weighted by Crippen LogP contribution is -2.43. The summed E-state index contributed by atoms with van der Waals surface area (Å²) in [4.78, 5) is 13.2. The highest BCUT2D eigenvalue weighted by Crippen LogP contribution is 2.32. The molecule has 2 rings (SSSR count). The number of hydrogen-bond donors (Lipinski definition) is 1. The normalized spacial score (nSPS) is 22.9. The average Bonchev–Trinajstić information content (AvgIpc) is 2.38. The minimum atomic E-state index is -0.721. The van der Waals surface area contributed by atoms with Crippen LogP contribution in [0.3, 0.4) is 0 Å². The Balaban J connectivity index is 2.26. The third-order valence-electron chi connectivity index (χ3n) is 3.62. The number of aliphatic carboxylic acids is 1. The van der Waals surface area contributed by atoms with E-state index in [0.29, 0.717) is 24.9 Å². The molecule has 0 bridgehead atoms. The van der Waals surface area contributed by atoms with Crippen molar-refractivity contribution in [3.63, 3.8) is 0 Å². The summed E-state index contributed by atoms with van der Waals surface area (Å²) in [7, 11) is 0. The Hall–Kier alpha value is -1.54. The number of carboxylic acids is 1. The van der Waals surface area contributed by atoms with E-state index in [-0.39, 0.29) is 12.0 Å². The second kappa shape index (κ2) is 5.62. The number of piperidine rings is 1. The van der Waals surface area contributed by atoms with Gasteiger partial charge in [0.05, 0.1) is 17.2 Å². The number of benzene rings is 1. The van der Waals surface area contributed by atoms with E-state index in [9.17, 15) is 10.1 Å². The number of rotatable bonds is 2. The summed E-state index contributed by atoms with van der Waals surface area (Å²) in [5.74, 6) is -0.995. The molecule has 0 aromatic heterocycles. The first-order valence-electron chi connectivity index (χ1n) is 6.22. The van der Waals surface area contributed by atoms with Gasteiger partial charge in [-0.25, -0.2) is 0 Å². The third-order valence-corrected chi connectivity index (χ3v) is 4.11. The summed E-state index contributed by atoms with van der Waals surface area (Å²) in [6, 6.07) is 7.88. The largest absolute Gasteiger partial charge is 0.481 e. The van der Waals surface area contributed by atoms with Gasteiger partial charge in [-0.2, -0.15) is 5.26 Å². The van der Waals surface area contributed by atoms with Crippen molar-refractivity contribution >= 4 is 27.6 Å². The van der Waals surface area contributed by atoms with Crippen LogP contribution in [0, 0.1) is 17.2 Å². The Morgan fingerprint density at radius 1 is 1.58 bits per heavy atom. The maximum Gasteiger partial charge on any atom is 0.306 e. The first-order chi connectivity index (χ1) is 9.02. The van der Waals surface area contributed by atoms with E-state index in [0.717, 1.165) is 10.2 Å². The molecule has 1 saturated heterocycles. The van der Waals surface area contributed by atoms with Crippen LogP contribution in [0.25, 0.3) is 0 Å². The van der Waals surface area contributed by atoms with Crippen molar-refractivity contribution < 1.29 is 9.90 Å². The maximum atomic E-state index is 11.0. The first kappa shape index (κ1) is 13.9. The van der Waals surface area contributed by atoms with Crippen LogP contribution in [0.2, 0.25) is 0 Å². The zero-order chi connectivity index (χ0) is 14.0. The lowest BCUT2D eigenvalue weighted by molar-refractivity contribution is -0.142. The highest BCUT2D eigenvalue weighted by Gasteiger charge is 2.30. The topological polar surface area (TPSA) is 64.3 Å². The molecule has 0 radical (unpaired) electrons. The standard InChI is InChI=1S/C14H15BrN2O2/c1-9-6-10(14(18)19)4-5-17(9)13-7-12(15)3-2-11(13)8-16/h2-3,7,9-10H,4-6H2,1H3,(H,18,19). The Labute approximate surface area is 120 Å². The van der Waals surface area contributed by atoms with Crippen LogP contribution in [0.5, 0.6) is 0 Å². The van der Waals surface area contributed by atoms with Crippen LogP contribution < -0.4 is 4.90 Å². The van der Waals surface area contributed by atoms with Crippen LogP contribution in [0.15, 0.2) is 22.7 Å². The molecule has 1 heterocycles. The average molecular weight is 323 g/mol. The predicted octanol–water partition coefficient (Wildman–Crippen LogP) is 3.01. The van der Waals surface area contributed by atoms with Crippen molar-refractivity contribution in [2.45, 2.75) is 25.8 Å². The van der Waals surface area contributed by atoms with E-state index in [1.807, 2.05) is 19.1 Å². The number of nitriles is 1. The monoisotopic (exact) mass is 322 g/mol. The van der Waals surface area contributed by atoms with Gasteiger partial charge in [-0.15, -0.1) is 0 Å². The van der Waals surface area contributed by atoms with Crippen molar-refractivity contribution in [1.29, 1.82) is 5.26 Å². The second-order valence-electron chi connectivity index (χ2n) is 4.88. The molecule has 2 atom stereocenters. The fraction of sp³-hybridized carbons (Fsp3) is 0.429. The molecule has 5 heteroatoms. The molecule has 0 amide bonds. The molecule has 2 unspecified atom stereocenters. The van der Waals surface area contributed by atoms with Crippen molar-refractivity contribution in [1.82, 2.24) is 0 Å². The lowest BCUT2D eigenvalue weighted by atomic mass is 9.91. The number of halogens is 1. The minimum Gasteiger partial charge on any atom is -0.481 e. The van der Waals surface area contributed by atoms with Crippen LogP contribution in [0.1, 0.15) is 25.3 Å². The molecular weight excluding hydrogens is 308 g/mol. The summed E-state index contributed by atoms with van der Waals surface area (Å²) in [6.07, 6.45) is 1.24. The highest BCUT2D eigenvalue weighted by atomic mass is 79.9. The fourth-order valence-electron chi connectivity index (χ4n) is 2.59. The number of carbonyl (C=O) groups is 1. The van der Waals surface area contributed by atoms with Gasteiger partial charge in [0.15, 0.2) is 0 Å². The van der Waals surface area contributed by atoms with Crippen molar-refractivity contribution in [2.75, 3.05) is 11.4 Å². The van der Waals surface area contributed by atoms with E-state index in [4.69, 9.17) is 5.11 Å². The summed E-state index contributed by atoms with van der Waals surface area (Å²) >= 11 is 3.42. The predicted molar refractivity (Wildman–Crippen MR) is 76.0 cm³/mol. The third kappa shape index (κ3) is 2.90.